The van der Waals surface area contributed by atoms with Crippen molar-refractivity contribution < 1.29 is 9.53 Å². The number of carbonyl (C=O) groups excluding carboxylic acids is 1. The standard InChI is InChI=1S/C23H24N4O2S3/c1-29-12-11-26(16-20-10-6-14-31-20)22(28)17-32-23-25-24-21(15-19-9-5-13-30-19)27(23)18-7-3-2-4-8-18/h2-10,13-14H,11-12,15-17H2,1H3. The number of thiophene rings is 2. The number of benzene rings is 1. The third-order valence-corrected chi connectivity index (χ3v) is 7.45. The summed E-state index contributed by atoms with van der Waals surface area (Å²) in [6.07, 6.45) is 0.701. The van der Waals surface area contributed by atoms with Crippen LogP contribution in [0.5, 0.6) is 0 Å². The zero-order valence-corrected chi connectivity index (χ0v) is 20.2. The lowest BCUT2D eigenvalue weighted by Gasteiger charge is -2.21. The monoisotopic (exact) mass is 484 g/mol. The second-order valence-electron chi connectivity index (χ2n) is 7.00. The molecule has 0 unspecified atom stereocenters. The first-order valence-corrected chi connectivity index (χ1v) is 12.9. The molecule has 0 N–H and O–H groups in total. The van der Waals surface area contributed by atoms with E-state index in [0.29, 0.717) is 31.9 Å². The normalized spacial score (nSPS) is 11.0. The zero-order chi connectivity index (χ0) is 22.2. The predicted molar refractivity (Wildman–Crippen MR) is 131 cm³/mol. The van der Waals surface area contributed by atoms with Crippen LogP contribution < -0.4 is 0 Å². The first-order valence-electron chi connectivity index (χ1n) is 10.2. The van der Waals surface area contributed by atoms with Gasteiger partial charge in [-0.15, -0.1) is 32.9 Å². The number of ether oxygens (including phenoxy) is 1. The van der Waals surface area contributed by atoms with Crippen LogP contribution in [-0.2, 0) is 22.5 Å². The van der Waals surface area contributed by atoms with Crippen molar-refractivity contribution in [2.24, 2.45) is 0 Å². The average Bonchev–Trinajstić information content (AvgIpc) is 3.59. The Labute approximate surface area is 199 Å². The molecule has 4 rings (SSSR count). The summed E-state index contributed by atoms with van der Waals surface area (Å²) in [5.41, 5.74) is 0.994. The summed E-state index contributed by atoms with van der Waals surface area (Å²) in [5.74, 6) is 1.21. The molecule has 0 saturated heterocycles. The fraction of sp³-hybridized carbons (Fsp3) is 0.261. The van der Waals surface area contributed by atoms with Gasteiger partial charge in [-0.3, -0.25) is 9.36 Å². The molecule has 32 heavy (non-hydrogen) atoms. The molecule has 0 saturated carbocycles. The van der Waals surface area contributed by atoms with Crippen molar-refractivity contribution in [2.45, 2.75) is 18.1 Å². The Hall–Kier alpha value is -2.46. The summed E-state index contributed by atoms with van der Waals surface area (Å²) < 4.78 is 7.26. The number of nitrogens with zero attached hydrogens (tertiary/aromatic N) is 4. The maximum Gasteiger partial charge on any atom is 0.233 e. The Morgan fingerprint density at radius 1 is 1.03 bits per heavy atom. The Morgan fingerprint density at radius 2 is 1.78 bits per heavy atom. The van der Waals surface area contributed by atoms with E-state index >= 15 is 0 Å². The summed E-state index contributed by atoms with van der Waals surface area (Å²) in [5, 5.41) is 13.7. The first-order chi connectivity index (χ1) is 15.7. The predicted octanol–water partition coefficient (Wildman–Crippen LogP) is 4.75. The van der Waals surface area contributed by atoms with Gasteiger partial charge in [0.1, 0.15) is 5.82 Å². The topological polar surface area (TPSA) is 60.2 Å². The maximum absolute atomic E-state index is 13.1. The first kappa shape index (κ1) is 22.7. The molecule has 0 bridgehead atoms. The van der Waals surface area contributed by atoms with Crippen molar-refractivity contribution in [3.63, 3.8) is 0 Å². The lowest BCUT2D eigenvalue weighted by atomic mass is 10.3. The van der Waals surface area contributed by atoms with Gasteiger partial charge in [0.05, 0.1) is 18.9 Å². The quantitative estimate of drug-likeness (QED) is 0.288. The van der Waals surface area contributed by atoms with Crippen LogP contribution >= 0.6 is 34.4 Å². The number of carbonyl (C=O) groups is 1. The van der Waals surface area contributed by atoms with Gasteiger partial charge in [0.2, 0.25) is 5.91 Å². The molecule has 1 amide bonds. The lowest BCUT2D eigenvalue weighted by molar-refractivity contribution is -0.129. The summed E-state index contributed by atoms with van der Waals surface area (Å²) in [7, 11) is 1.65. The van der Waals surface area contributed by atoms with Crippen LogP contribution in [0.3, 0.4) is 0 Å². The van der Waals surface area contributed by atoms with Gasteiger partial charge >= 0.3 is 0 Å². The smallest absolute Gasteiger partial charge is 0.233 e. The highest BCUT2D eigenvalue weighted by Crippen LogP contribution is 2.25. The second-order valence-corrected chi connectivity index (χ2v) is 10.0. The molecule has 0 aliphatic carbocycles. The Kier molecular flexibility index (Phi) is 8.11. The van der Waals surface area contributed by atoms with Gasteiger partial charge in [-0.25, -0.2) is 0 Å². The summed E-state index contributed by atoms with van der Waals surface area (Å²) in [4.78, 5) is 17.3. The Balaban J connectivity index is 1.51. The summed E-state index contributed by atoms with van der Waals surface area (Å²) in [6, 6.07) is 18.3. The largest absolute Gasteiger partial charge is 0.383 e. The van der Waals surface area contributed by atoms with Gasteiger partial charge in [-0.05, 0) is 35.0 Å². The number of para-hydroxylation sites is 1. The van der Waals surface area contributed by atoms with Crippen LogP contribution in [0.4, 0.5) is 0 Å². The van der Waals surface area contributed by atoms with Crippen molar-refractivity contribution >= 4 is 40.3 Å². The van der Waals surface area contributed by atoms with Gasteiger partial charge in [0, 0.05) is 35.5 Å². The van der Waals surface area contributed by atoms with E-state index in [2.05, 4.69) is 26.2 Å². The molecule has 0 spiro atoms. The minimum absolute atomic E-state index is 0.0582. The van der Waals surface area contributed by atoms with E-state index in [9.17, 15) is 4.79 Å². The molecule has 0 aliphatic rings. The number of rotatable bonds is 11. The molecule has 0 fully saturated rings. The van der Waals surface area contributed by atoms with Crippen LogP contribution in [0.1, 0.15) is 15.6 Å². The van der Waals surface area contributed by atoms with Crippen molar-refractivity contribution in [3.05, 3.63) is 80.9 Å². The average molecular weight is 485 g/mol. The molecule has 1 aromatic carbocycles. The van der Waals surface area contributed by atoms with E-state index in [4.69, 9.17) is 4.74 Å². The highest BCUT2D eigenvalue weighted by molar-refractivity contribution is 7.99. The third-order valence-electron chi connectivity index (χ3n) is 4.80. The van der Waals surface area contributed by atoms with Gasteiger partial charge in [-0.1, -0.05) is 42.1 Å². The molecule has 9 heteroatoms. The maximum atomic E-state index is 13.1. The van der Waals surface area contributed by atoms with E-state index < -0.39 is 0 Å². The van der Waals surface area contributed by atoms with Gasteiger partial charge < -0.3 is 9.64 Å². The molecule has 166 valence electrons. The van der Waals surface area contributed by atoms with Crippen LogP contribution in [-0.4, -0.2) is 51.6 Å². The number of methoxy groups -OCH3 is 1. The van der Waals surface area contributed by atoms with Crippen LogP contribution in [0.15, 0.2) is 70.5 Å². The van der Waals surface area contributed by atoms with Crippen LogP contribution in [0.25, 0.3) is 5.69 Å². The van der Waals surface area contributed by atoms with E-state index in [-0.39, 0.29) is 5.91 Å². The number of amides is 1. The molecule has 4 aromatic rings. The van der Waals surface area contributed by atoms with Crippen LogP contribution in [0, 0.1) is 0 Å². The van der Waals surface area contributed by atoms with Crippen molar-refractivity contribution in [1.82, 2.24) is 19.7 Å². The molecule has 0 atom stereocenters. The van der Waals surface area contributed by atoms with Gasteiger partial charge in [-0.2, -0.15) is 0 Å². The minimum Gasteiger partial charge on any atom is -0.383 e. The lowest BCUT2D eigenvalue weighted by Crippen LogP contribution is -2.34. The third kappa shape index (κ3) is 5.86. The van der Waals surface area contributed by atoms with Crippen LogP contribution in [0.2, 0.25) is 0 Å². The molecular formula is C23H24N4O2S3. The molecule has 3 heterocycles. The van der Waals surface area contributed by atoms with Crippen molar-refractivity contribution in [2.75, 3.05) is 26.0 Å². The van der Waals surface area contributed by atoms with Gasteiger partial charge in [0.15, 0.2) is 5.16 Å². The Bertz CT molecular complexity index is 1100. The fourth-order valence-corrected chi connectivity index (χ4v) is 5.51. The highest BCUT2D eigenvalue weighted by atomic mass is 32.2. The van der Waals surface area contributed by atoms with E-state index in [1.165, 1.54) is 16.6 Å². The Morgan fingerprint density at radius 3 is 2.47 bits per heavy atom. The molecule has 3 aromatic heterocycles. The highest BCUT2D eigenvalue weighted by Gasteiger charge is 2.19. The number of aromatic nitrogens is 3. The van der Waals surface area contributed by atoms with E-state index in [1.54, 1.807) is 29.8 Å². The molecule has 0 radical (unpaired) electrons. The van der Waals surface area contributed by atoms with Gasteiger partial charge in [0.25, 0.3) is 0 Å². The number of thioether (sulfide) groups is 1. The number of hydrogen-bond acceptors (Lipinski definition) is 7. The second kappa shape index (κ2) is 11.4. The minimum atomic E-state index is 0.0582. The fourth-order valence-electron chi connectivity index (χ4n) is 3.22. The summed E-state index contributed by atoms with van der Waals surface area (Å²) in [6.45, 7) is 1.66. The molecule has 0 aliphatic heterocycles. The van der Waals surface area contributed by atoms with Crippen molar-refractivity contribution in [3.8, 4) is 5.69 Å². The molecular weight excluding hydrogens is 460 g/mol. The van der Waals surface area contributed by atoms with E-state index in [1.807, 2.05) is 58.8 Å². The van der Waals surface area contributed by atoms with Crippen molar-refractivity contribution in [1.29, 1.82) is 0 Å². The zero-order valence-electron chi connectivity index (χ0n) is 17.7. The summed E-state index contributed by atoms with van der Waals surface area (Å²) >= 11 is 4.78. The molecule has 6 nitrogen and oxygen atoms in total. The SMILES string of the molecule is COCCN(Cc1cccs1)C(=O)CSc1nnc(Cc2cccs2)n1-c1ccccc1. The van der Waals surface area contributed by atoms with E-state index in [0.717, 1.165) is 21.5 Å². The number of hydrogen-bond donors (Lipinski definition) is 0.